The van der Waals surface area contributed by atoms with E-state index in [2.05, 4.69) is 10.00 Å². The van der Waals surface area contributed by atoms with Crippen LogP contribution in [0.2, 0.25) is 5.02 Å². The van der Waals surface area contributed by atoms with Crippen LogP contribution in [0.5, 0.6) is 0 Å². The van der Waals surface area contributed by atoms with Crippen LogP contribution in [0.4, 0.5) is 5.69 Å². The summed E-state index contributed by atoms with van der Waals surface area (Å²) in [5.74, 6) is -0.263. The Bertz CT molecular complexity index is 1050. The third-order valence-corrected chi connectivity index (χ3v) is 7.60. The second-order valence-electron chi connectivity index (χ2n) is 7.79. The molecule has 2 aliphatic heterocycles. The molecule has 8 nitrogen and oxygen atoms in total. The fourth-order valence-electron chi connectivity index (χ4n) is 3.74. The molecule has 0 spiro atoms. The van der Waals surface area contributed by atoms with Crippen molar-refractivity contribution in [3.63, 3.8) is 0 Å². The highest BCUT2D eigenvalue weighted by Crippen LogP contribution is 2.27. The van der Waals surface area contributed by atoms with Crippen molar-refractivity contribution in [3.8, 4) is 0 Å². The van der Waals surface area contributed by atoms with Crippen molar-refractivity contribution >= 4 is 33.2 Å². The Morgan fingerprint density at radius 2 is 1.93 bits per heavy atom. The summed E-state index contributed by atoms with van der Waals surface area (Å²) in [5.41, 5.74) is 1.14. The van der Waals surface area contributed by atoms with Crippen molar-refractivity contribution in [1.29, 1.82) is 0 Å². The third-order valence-electron chi connectivity index (χ3n) is 5.53. The summed E-state index contributed by atoms with van der Waals surface area (Å²) in [7, 11) is -3.87. The lowest BCUT2D eigenvalue weighted by atomic mass is 10.2. The normalized spacial score (nSPS) is 19.9. The van der Waals surface area contributed by atoms with Gasteiger partial charge in [0.2, 0.25) is 5.03 Å². The maximum Gasteiger partial charge on any atom is 0.263 e. The predicted octanol–water partition coefficient (Wildman–Crippen LogP) is 2.30. The number of halogens is 1. The van der Waals surface area contributed by atoms with Crippen LogP contribution in [-0.4, -0.2) is 72.1 Å². The number of nitrogens with zero attached hydrogens (tertiary/aromatic N) is 5. The number of benzene rings is 1. The van der Waals surface area contributed by atoms with Crippen LogP contribution in [0.25, 0.3) is 0 Å². The van der Waals surface area contributed by atoms with Crippen LogP contribution in [0.3, 0.4) is 0 Å². The quantitative estimate of drug-likeness (QED) is 0.630. The molecule has 4 rings (SSSR count). The highest BCUT2D eigenvalue weighted by Gasteiger charge is 2.40. The molecular formula is C20H26ClN5O3S. The molecule has 2 aliphatic rings. The van der Waals surface area contributed by atoms with Gasteiger partial charge in [-0.1, -0.05) is 24.6 Å². The standard InChI is InChI=1S/C20H26ClN5O3S/c1-3-7-24-14-18(20(27)26-13-15(26)2)19(22-24)30(28,29)25-10-8-23(9-11-25)17-6-4-5-16(21)12-17/h4-6,12,14-15H,3,7-11,13H2,1-2H3. The lowest BCUT2D eigenvalue weighted by molar-refractivity contribution is 0.0872. The number of carbonyl (C=O) groups is 1. The Morgan fingerprint density at radius 3 is 2.53 bits per heavy atom. The maximum atomic E-state index is 13.4. The highest BCUT2D eigenvalue weighted by molar-refractivity contribution is 7.89. The smallest absolute Gasteiger partial charge is 0.263 e. The lowest BCUT2D eigenvalue weighted by Gasteiger charge is -2.35. The van der Waals surface area contributed by atoms with Crippen LogP contribution < -0.4 is 4.90 Å². The molecule has 1 atom stereocenters. The second-order valence-corrected chi connectivity index (χ2v) is 10.1. The number of aryl methyl sites for hydroxylation is 1. The predicted molar refractivity (Wildman–Crippen MR) is 115 cm³/mol. The summed E-state index contributed by atoms with van der Waals surface area (Å²) in [4.78, 5) is 16.6. The number of hydrogen-bond donors (Lipinski definition) is 0. The summed E-state index contributed by atoms with van der Waals surface area (Å²) < 4.78 is 29.8. The lowest BCUT2D eigenvalue weighted by Crippen LogP contribution is -2.49. The molecule has 0 radical (unpaired) electrons. The minimum Gasteiger partial charge on any atom is -0.369 e. The first-order chi connectivity index (χ1) is 14.3. The fourth-order valence-corrected chi connectivity index (χ4v) is 5.44. The zero-order valence-electron chi connectivity index (χ0n) is 17.2. The number of rotatable bonds is 6. The largest absolute Gasteiger partial charge is 0.369 e. The van der Waals surface area contributed by atoms with Gasteiger partial charge >= 0.3 is 0 Å². The van der Waals surface area contributed by atoms with Crippen molar-refractivity contribution in [1.82, 2.24) is 19.0 Å². The summed E-state index contributed by atoms with van der Waals surface area (Å²) in [5, 5.41) is 4.82. The molecule has 1 unspecified atom stereocenters. The Labute approximate surface area is 182 Å². The molecule has 1 aromatic carbocycles. The molecule has 10 heteroatoms. The number of amides is 1. The van der Waals surface area contributed by atoms with E-state index in [0.717, 1.165) is 12.1 Å². The number of hydrogen-bond acceptors (Lipinski definition) is 5. The minimum atomic E-state index is -3.87. The van der Waals surface area contributed by atoms with Gasteiger partial charge in [0.15, 0.2) is 0 Å². The molecule has 3 heterocycles. The van der Waals surface area contributed by atoms with E-state index < -0.39 is 10.0 Å². The van der Waals surface area contributed by atoms with Crippen molar-refractivity contribution in [2.75, 3.05) is 37.6 Å². The van der Waals surface area contributed by atoms with E-state index in [-0.39, 0.29) is 22.5 Å². The Balaban J connectivity index is 1.55. The van der Waals surface area contributed by atoms with Crippen LogP contribution in [0, 0.1) is 0 Å². The molecule has 2 aromatic rings. The number of sulfonamides is 1. The van der Waals surface area contributed by atoms with Crippen molar-refractivity contribution in [3.05, 3.63) is 41.0 Å². The number of aromatic nitrogens is 2. The number of anilines is 1. The Hall–Kier alpha value is -2.10. The zero-order chi connectivity index (χ0) is 21.5. The molecule has 0 aliphatic carbocycles. The first kappa shape index (κ1) is 21.1. The second kappa shape index (κ2) is 8.20. The summed E-state index contributed by atoms with van der Waals surface area (Å²) >= 11 is 6.08. The maximum absolute atomic E-state index is 13.4. The molecule has 30 heavy (non-hydrogen) atoms. The first-order valence-electron chi connectivity index (χ1n) is 10.2. The highest BCUT2D eigenvalue weighted by atomic mass is 35.5. The zero-order valence-corrected chi connectivity index (χ0v) is 18.7. The van der Waals surface area contributed by atoms with Crippen LogP contribution in [-0.2, 0) is 16.6 Å². The van der Waals surface area contributed by atoms with Crippen LogP contribution in [0.1, 0.15) is 30.6 Å². The van der Waals surface area contributed by atoms with Gasteiger partial charge in [-0.2, -0.15) is 9.40 Å². The molecule has 1 amide bonds. The average Bonchev–Trinajstić information content (AvgIpc) is 3.30. The minimum absolute atomic E-state index is 0.128. The summed E-state index contributed by atoms with van der Waals surface area (Å²) in [6, 6.07) is 7.68. The number of carbonyl (C=O) groups excluding carboxylic acids is 1. The van der Waals surface area contributed by atoms with Crippen LogP contribution >= 0.6 is 11.6 Å². The van der Waals surface area contributed by atoms with Crippen LogP contribution in [0.15, 0.2) is 35.5 Å². The fraction of sp³-hybridized carbons (Fsp3) is 0.500. The average molecular weight is 452 g/mol. The topological polar surface area (TPSA) is 78.5 Å². The molecule has 162 valence electrons. The molecule has 0 N–H and O–H groups in total. The molecule has 2 saturated heterocycles. The van der Waals surface area contributed by atoms with Gasteiger partial charge in [-0.3, -0.25) is 9.48 Å². The van der Waals surface area contributed by atoms with Gasteiger partial charge in [0, 0.05) is 62.2 Å². The van der Waals surface area contributed by atoms with Crippen molar-refractivity contribution < 1.29 is 13.2 Å². The van der Waals surface area contributed by atoms with Gasteiger partial charge in [-0.05, 0) is 31.5 Å². The molecule has 1 aromatic heterocycles. The SMILES string of the molecule is CCCn1cc(C(=O)N2CC2C)c(S(=O)(=O)N2CCN(c3cccc(Cl)c3)CC2)n1. The Morgan fingerprint density at radius 1 is 1.23 bits per heavy atom. The molecular weight excluding hydrogens is 426 g/mol. The van der Waals surface area contributed by atoms with Gasteiger partial charge < -0.3 is 9.80 Å². The molecule has 0 bridgehead atoms. The van der Waals surface area contributed by atoms with E-state index in [9.17, 15) is 13.2 Å². The monoisotopic (exact) mass is 451 g/mol. The summed E-state index contributed by atoms with van der Waals surface area (Å²) in [6.45, 7) is 6.87. The van der Waals surface area contributed by atoms with Gasteiger partial charge in [-0.25, -0.2) is 8.42 Å². The van der Waals surface area contributed by atoms with Crippen molar-refractivity contribution in [2.24, 2.45) is 0 Å². The summed E-state index contributed by atoms with van der Waals surface area (Å²) in [6.07, 6.45) is 2.37. The van der Waals surface area contributed by atoms with Crippen molar-refractivity contribution in [2.45, 2.75) is 37.9 Å². The third kappa shape index (κ3) is 4.06. The van der Waals surface area contributed by atoms with E-state index in [1.165, 1.54) is 4.31 Å². The molecule has 2 fully saturated rings. The van der Waals surface area contributed by atoms with E-state index in [0.29, 0.717) is 44.3 Å². The molecule has 0 saturated carbocycles. The Kier molecular flexibility index (Phi) is 5.78. The van der Waals surface area contributed by atoms with E-state index in [1.807, 2.05) is 38.1 Å². The first-order valence-corrected chi connectivity index (χ1v) is 12.0. The van der Waals surface area contributed by atoms with Gasteiger partial charge in [0.25, 0.3) is 15.9 Å². The van der Waals surface area contributed by atoms with Gasteiger partial charge in [0.05, 0.1) is 5.56 Å². The van der Waals surface area contributed by atoms with E-state index in [1.54, 1.807) is 15.8 Å². The van der Waals surface area contributed by atoms with Gasteiger partial charge in [0.1, 0.15) is 0 Å². The van der Waals surface area contributed by atoms with E-state index >= 15 is 0 Å². The van der Waals surface area contributed by atoms with E-state index in [4.69, 9.17) is 11.6 Å². The van der Waals surface area contributed by atoms with Gasteiger partial charge in [-0.15, -0.1) is 0 Å². The number of piperazine rings is 1.